The summed E-state index contributed by atoms with van der Waals surface area (Å²) >= 11 is 0. The smallest absolute Gasteiger partial charge is 0.241 e. The highest BCUT2D eigenvalue weighted by atomic mass is 32.2. The molecule has 10 heteroatoms. The molecule has 1 heterocycles. The third kappa shape index (κ3) is 4.25. The molecule has 1 atom stereocenters. The molecule has 1 aromatic heterocycles. The molecule has 0 saturated carbocycles. The molecule has 0 amide bonds. The summed E-state index contributed by atoms with van der Waals surface area (Å²) in [5.74, 6) is -0.945. The average Bonchev–Trinajstić information content (AvgIpc) is 3.04. The van der Waals surface area contributed by atoms with Gasteiger partial charge in [0.25, 0.3) is 0 Å². The van der Waals surface area contributed by atoms with Crippen molar-refractivity contribution >= 4 is 30.9 Å². The Morgan fingerprint density at radius 3 is 2.39 bits per heavy atom. The Morgan fingerprint density at radius 1 is 1.07 bits per heavy atom. The number of H-pyrrole nitrogens is 1. The van der Waals surface area contributed by atoms with E-state index in [0.29, 0.717) is 16.5 Å². The second-order valence-corrected chi connectivity index (χ2v) is 10.4. The number of halogens is 1. The van der Waals surface area contributed by atoms with Crippen molar-refractivity contribution in [3.63, 3.8) is 0 Å². The first-order valence-corrected chi connectivity index (χ1v) is 11.4. The standard InChI is InChI=1S/C18H20FN3O4S2/c1-22(2)27(23,24)12-18(21-28(25,26)14-6-4-3-5-7-14)16-11-20-17-10-13(19)8-9-15(16)17/h3-11,18,20-21H,12H2,1-2H3. The van der Waals surface area contributed by atoms with Crippen molar-refractivity contribution in [2.75, 3.05) is 19.8 Å². The number of nitrogens with one attached hydrogen (secondary N) is 2. The zero-order chi connectivity index (χ0) is 20.5. The van der Waals surface area contributed by atoms with Crippen molar-refractivity contribution in [1.82, 2.24) is 14.0 Å². The molecule has 28 heavy (non-hydrogen) atoms. The molecule has 3 rings (SSSR count). The van der Waals surface area contributed by atoms with E-state index in [0.717, 1.165) is 4.31 Å². The summed E-state index contributed by atoms with van der Waals surface area (Å²) in [7, 11) is -4.96. The van der Waals surface area contributed by atoms with Gasteiger partial charge in [-0.05, 0) is 35.9 Å². The maximum Gasteiger partial charge on any atom is 0.241 e. The Bertz CT molecular complexity index is 1190. The van der Waals surface area contributed by atoms with E-state index in [1.54, 1.807) is 18.2 Å². The van der Waals surface area contributed by atoms with Gasteiger partial charge in [-0.15, -0.1) is 0 Å². The first kappa shape index (κ1) is 20.5. The maximum atomic E-state index is 13.5. The lowest BCUT2D eigenvalue weighted by atomic mass is 10.1. The first-order valence-electron chi connectivity index (χ1n) is 8.34. The van der Waals surface area contributed by atoms with Crippen LogP contribution in [0.15, 0.2) is 59.6 Å². The van der Waals surface area contributed by atoms with Crippen LogP contribution in [0.25, 0.3) is 10.9 Å². The lowest BCUT2D eigenvalue weighted by Gasteiger charge is -2.21. The van der Waals surface area contributed by atoms with Crippen LogP contribution in [0.3, 0.4) is 0 Å². The predicted octanol–water partition coefficient (Wildman–Crippen LogP) is 2.22. The van der Waals surface area contributed by atoms with Gasteiger partial charge in [-0.1, -0.05) is 18.2 Å². The number of hydrogen-bond acceptors (Lipinski definition) is 4. The summed E-state index contributed by atoms with van der Waals surface area (Å²) in [5.41, 5.74) is 0.862. The van der Waals surface area contributed by atoms with Crippen LogP contribution >= 0.6 is 0 Å². The van der Waals surface area contributed by atoms with Crippen molar-refractivity contribution in [3.8, 4) is 0 Å². The highest BCUT2D eigenvalue weighted by Crippen LogP contribution is 2.28. The van der Waals surface area contributed by atoms with E-state index in [4.69, 9.17) is 0 Å². The van der Waals surface area contributed by atoms with Crippen LogP contribution in [-0.2, 0) is 20.0 Å². The normalized spacial score (nSPS) is 13.9. The monoisotopic (exact) mass is 425 g/mol. The van der Waals surface area contributed by atoms with Crippen molar-refractivity contribution in [2.24, 2.45) is 0 Å². The lowest BCUT2D eigenvalue weighted by Crippen LogP contribution is -2.37. The summed E-state index contributed by atoms with van der Waals surface area (Å²) in [4.78, 5) is 2.89. The van der Waals surface area contributed by atoms with Crippen LogP contribution in [0, 0.1) is 5.82 Å². The van der Waals surface area contributed by atoms with E-state index < -0.39 is 37.7 Å². The number of benzene rings is 2. The highest BCUT2D eigenvalue weighted by molar-refractivity contribution is 7.90. The Morgan fingerprint density at radius 2 is 1.75 bits per heavy atom. The largest absolute Gasteiger partial charge is 0.361 e. The van der Waals surface area contributed by atoms with Gasteiger partial charge in [-0.3, -0.25) is 0 Å². The Hall–Kier alpha value is -2.27. The van der Waals surface area contributed by atoms with Crippen molar-refractivity contribution in [1.29, 1.82) is 0 Å². The molecule has 3 aromatic rings. The molecule has 2 aromatic carbocycles. The minimum Gasteiger partial charge on any atom is -0.361 e. The fraction of sp³-hybridized carbons (Fsp3) is 0.222. The fourth-order valence-corrected chi connectivity index (χ4v) is 5.14. The fourth-order valence-electron chi connectivity index (χ4n) is 2.81. The molecule has 2 N–H and O–H groups in total. The van der Waals surface area contributed by atoms with Gasteiger partial charge in [0.05, 0.1) is 16.7 Å². The molecule has 150 valence electrons. The molecular weight excluding hydrogens is 405 g/mol. The molecule has 0 spiro atoms. The third-order valence-corrected chi connectivity index (χ3v) is 7.69. The summed E-state index contributed by atoms with van der Waals surface area (Å²) in [5, 5.41) is 0.538. The second kappa shape index (κ2) is 7.63. The Balaban J connectivity index is 2.07. The molecule has 0 radical (unpaired) electrons. The summed E-state index contributed by atoms with van der Waals surface area (Å²) in [6.45, 7) is 0. The Kier molecular flexibility index (Phi) is 5.57. The van der Waals surface area contributed by atoms with Gasteiger partial charge in [0.2, 0.25) is 20.0 Å². The molecule has 0 aliphatic rings. The van der Waals surface area contributed by atoms with E-state index in [9.17, 15) is 21.2 Å². The highest BCUT2D eigenvalue weighted by Gasteiger charge is 2.29. The quantitative estimate of drug-likeness (QED) is 0.606. The maximum absolute atomic E-state index is 13.5. The molecule has 0 bridgehead atoms. The molecular formula is C18H20FN3O4S2. The van der Waals surface area contributed by atoms with Gasteiger partial charge < -0.3 is 4.98 Å². The topological polar surface area (TPSA) is 99.3 Å². The van der Waals surface area contributed by atoms with Gasteiger partial charge in [0.1, 0.15) is 5.82 Å². The van der Waals surface area contributed by atoms with Gasteiger partial charge in [-0.2, -0.15) is 0 Å². The van der Waals surface area contributed by atoms with E-state index in [2.05, 4.69) is 9.71 Å². The van der Waals surface area contributed by atoms with E-state index >= 15 is 0 Å². The number of sulfonamides is 2. The SMILES string of the molecule is CN(C)S(=O)(=O)CC(NS(=O)(=O)c1ccccc1)c1c[nH]c2cc(F)ccc12. The van der Waals surface area contributed by atoms with E-state index in [1.165, 1.54) is 50.6 Å². The van der Waals surface area contributed by atoms with Crippen molar-refractivity contribution in [3.05, 3.63) is 66.1 Å². The van der Waals surface area contributed by atoms with Gasteiger partial charge in [-0.25, -0.2) is 30.3 Å². The average molecular weight is 426 g/mol. The summed E-state index contributed by atoms with van der Waals surface area (Å²) < 4.78 is 67.5. The van der Waals surface area contributed by atoms with Crippen LogP contribution in [0.4, 0.5) is 4.39 Å². The van der Waals surface area contributed by atoms with Gasteiger partial charge >= 0.3 is 0 Å². The summed E-state index contributed by atoms with van der Waals surface area (Å²) in [6, 6.07) is 10.6. The second-order valence-electron chi connectivity index (χ2n) is 6.48. The zero-order valence-electron chi connectivity index (χ0n) is 15.3. The van der Waals surface area contributed by atoms with Crippen LogP contribution in [0.2, 0.25) is 0 Å². The number of hydrogen-bond donors (Lipinski definition) is 2. The zero-order valence-corrected chi connectivity index (χ0v) is 16.9. The number of rotatable bonds is 7. The Labute approximate surface area is 163 Å². The number of aromatic nitrogens is 1. The first-order chi connectivity index (χ1) is 13.1. The third-order valence-electron chi connectivity index (χ3n) is 4.34. The van der Waals surface area contributed by atoms with Crippen LogP contribution in [0.5, 0.6) is 0 Å². The minimum absolute atomic E-state index is 0.0214. The molecule has 0 fully saturated rings. The number of nitrogens with zero attached hydrogens (tertiary/aromatic N) is 1. The minimum atomic E-state index is -3.98. The van der Waals surface area contributed by atoms with Crippen LogP contribution in [-0.4, -0.2) is 46.0 Å². The number of aromatic amines is 1. The van der Waals surface area contributed by atoms with Gasteiger partial charge in [0, 0.05) is 31.2 Å². The van der Waals surface area contributed by atoms with Crippen LogP contribution < -0.4 is 4.72 Å². The lowest BCUT2D eigenvalue weighted by molar-refractivity contribution is 0.509. The molecule has 7 nitrogen and oxygen atoms in total. The molecule has 0 saturated heterocycles. The van der Waals surface area contributed by atoms with E-state index in [-0.39, 0.29) is 4.90 Å². The van der Waals surface area contributed by atoms with Crippen molar-refractivity contribution in [2.45, 2.75) is 10.9 Å². The van der Waals surface area contributed by atoms with Crippen molar-refractivity contribution < 1.29 is 21.2 Å². The summed E-state index contributed by atoms with van der Waals surface area (Å²) in [6.07, 6.45) is 1.49. The van der Waals surface area contributed by atoms with E-state index in [1.807, 2.05) is 0 Å². The van der Waals surface area contributed by atoms with Crippen LogP contribution in [0.1, 0.15) is 11.6 Å². The molecule has 1 unspecified atom stereocenters. The predicted molar refractivity (Wildman–Crippen MR) is 105 cm³/mol. The van der Waals surface area contributed by atoms with Gasteiger partial charge in [0.15, 0.2) is 0 Å². The number of fused-ring (bicyclic) bond motifs is 1. The molecule has 0 aliphatic carbocycles. The molecule has 0 aliphatic heterocycles.